The van der Waals surface area contributed by atoms with Crippen LogP contribution < -0.4 is 0 Å². The fourth-order valence-electron chi connectivity index (χ4n) is 1.08. The van der Waals surface area contributed by atoms with Crippen LogP contribution in [0.2, 0.25) is 0 Å². The molecule has 0 bridgehead atoms. The summed E-state index contributed by atoms with van der Waals surface area (Å²) >= 11 is 0. The SMILES string of the molecule is [CH2-]CCCCCCC(C)C.[OH-].[OH-].[OH-].[Ti+4]. The zero-order chi connectivity index (χ0) is 7.82. The van der Waals surface area contributed by atoms with E-state index in [9.17, 15) is 0 Å². The van der Waals surface area contributed by atoms with Crippen LogP contribution in [0.4, 0.5) is 0 Å². The van der Waals surface area contributed by atoms with E-state index >= 15 is 0 Å². The Balaban J connectivity index is -0.0000000675. The third kappa shape index (κ3) is 29.4. The van der Waals surface area contributed by atoms with Gasteiger partial charge >= 0.3 is 21.7 Å². The minimum atomic E-state index is 0. The smallest absolute Gasteiger partial charge is 0.870 e. The number of unbranched alkanes of at least 4 members (excludes halogenated alkanes) is 4. The Morgan fingerprint density at radius 1 is 0.857 bits per heavy atom. The Morgan fingerprint density at radius 2 is 1.29 bits per heavy atom. The molecule has 0 atom stereocenters. The Labute approximate surface area is 103 Å². The van der Waals surface area contributed by atoms with Crippen molar-refractivity contribution in [3.05, 3.63) is 6.92 Å². The van der Waals surface area contributed by atoms with Gasteiger partial charge in [-0.2, -0.15) is 6.42 Å². The summed E-state index contributed by atoms with van der Waals surface area (Å²) in [4.78, 5) is 0. The zero-order valence-electron chi connectivity index (χ0n) is 9.37. The fourth-order valence-corrected chi connectivity index (χ4v) is 1.08. The van der Waals surface area contributed by atoms with Gasteiger partial charge in [0, 0.05) is 0 Å². The second-order valence-corrected chi connectivity index (χ2v) is 3.45. The summed E-state index contributed by atoms with van der Waals surface area (Å²) in [5, 5.41) is 0. The van der Waals surface area contributed by atoms with Crippen LogP contribution in [0.25, 0.3) is 0 Å². The van der Waals surface area contributed by atoms with E-state index in [2.05, 4.69) is 20.8 Å². The van der Waals surface area contributed by atoms with E-state index in [4.69, 9.17) is 0 Å². The average Bonchev–Trinajstić information content (AvgIpc) is 1.87. The van der Waals surface area contributed by atoms with Crippen LogP contribution in [0.3, 0.4) is 0 Å². The minimum absolute atomic E-state index is 0. The summed E-state index contributed by atoms with van der Waals surface area (Å²) in [6, 6.07) is 0. The largest absolute Gasteiger partial charge is 4.00 e. The molecule has 0 saturated carbocycles. The Morgan fingerprint density at radius 3 is 1.64 bits per heavy atom. The molecule has 0 rings (SSSR count). The van der Waals surface area contributed by atoms with Crippen LogP contribution in [-0.2, 0) is 21.7 Å². The van der Waals surface area contributed by atoms with Crippen LogP contribution >= 0.6 is 0 Å². The van der Waals surface area contributed by atoms with Gasteiger partial charge in [0.25, 0.3) is 0 Å². The molecular formula is C10H24O3Ti. The molecule has 3 nitrogen and oxygen atoms in total. The summed E-state index contributed by atoms with van der Waals surface area (Å²) in [6.45, 7) is 8.40. The van der Waals surface area contributed by atoms with Gasteiger partial charge < -0.3 is 23.4 Å². The molecule has 0 aromatic carbocycles. The number of hydrogen-bond acceptors (Lipinski definition) is 3. The van der Waals surface area contributed by atoms with Gasteiger partial charge in [0.2, 0.25) is 0 Å². The molecule has 0 unspecified atom stereocenters. The third-order valence-corrected chi connectivity index (χ3v) is 1.78. The minimum Gasteiger partial charge on any atom is -0.870 e. The maximum atomic E-state index is 3.82. The van der Waals surface area contributed by atoms with E-state index in [1.165, 1.54) is 32.1 Å². The molecular weight excluding hydrogens is 216 g/mol. The van der Waals surface area contributed by atoms with Gasteiger partial charge in [0.1, 0.15) is 0 Å². The number of hydrogen-bond donors (Lipinski definition) is 0. The van der Waals surface area contributed by atoms with Gasteiger partial charge in [-0.3, -0.25) is 0 Å². The molecule has 0 spiro atoms. The van der Waals surface area contributed by atoms with Crippen molar-refractivity contribution < 1.29 is 38.1 Å². The topological polar surface area (TPSA) is 90.0 Å². The molecule has 86 valence electrons. The van der Waals surface area contributed by atoms with Crippen molar-refractivity contribution >= 4 is 0 Å². The van der Waals surface area contributed by atoms with Crippen LogP contribution in [0.1, 0.15) is 52.4 Å². The molecule has 0 aliphatic heterocycles. The monoisotopic (exact) mass is 240 g/mol. The van der Waals surface area contributed by atoms with Crippen molar-refractivity contribution in [3.63, 3.8) is 0 Å². The standard InChI is InChI=1S/C10H21.3H2O.Ti/c1-4-5-6-7-8-9-10(2)3;;;;/h10H,1,4-9H2,2-3H3;3*1H2;/q-1;;;;+4/p-3. The molecule has 3 N–H and O–H groups in total. The van der Waals surface area contributed by atoms with Crippen molar-refractivity contribution in [2.75, 3.05) is 0 Å². The molecule has 0 aromatic rings. The molecule has 0 aliphatic rings. The molecule has 4 heteroatoms. The van der Waals surface area contributed by atoms with Gasteiger partial charge in [-0.05, 0) is 5.92 Å². The maximum absolute atomic E-state index is 3.82. The van der Waals surface area contributed by atoms with Gasteiger partial charge in [0.05, 0.1) is 0 Å². The van der Waals surface area contributed by atoms with Crippen molar-refractivity contribution in [1.82, 2.24) is 0 Å². The van der Waals surface area contributed by atoms with E-state index in [1.54, 1.807) is 0 Å². The molecule has 0 amide bonds. The van der Waals surface area contributed by atoms with Crippen LogP contribution in [0.15, 0.2) is 0 Å². The molecule has 0 aromatic heterocycles. The summed E-state index contributed by atoms with van der Waals surface area (Å²) in [5.74, 6) is 0.889. The first-order valence-corrected chi connectivity index (χ1v) is 4.56. The predicted molar refractivity (Wildman–Crippen MR) is 53.7 cm³/mol. The number of rotatable bonds is 6. The Kier molecular flexibility index (Phi) is 49.0. The summed E-state index contributed by atoms with van der Waals surface area (Å²) in [5.41, 5.74) is 0. The van der Waals surface area contributed by atoms with E-state index in [-0.39, 0.29) is 38.1 Å². The summed E-state index contributed by atoms with van der Waals surface area (Å²) < 4.78 is 0. The molecule has 14 heavy (non-hydrogen) atoms. The average molecular weight is 240 g/mol. The van der Waals surface area contributed by atoms with Crippen molar-refractivity contribution in [1.29, 1.82) is 0 Å². The third-order valence-electron chi connectivity index (χ3n) is 1.78. The normalized spacial score (nSPS) is 7.71. The first-order chi connectivity index (χ1) is 4.77. The van der Waals surface area contributed by atoms with Gasteiger partial charge in [-0.25, -0.2) is 0 Å². The summed E-state index contributed by atoms with van der Waals surface area (Å²) in [7, 11) is 0. The maximum Gasteiger partial charge on any atom is 4.00 e. The van der Waals surface area contributed by atoms with Crippen LogP contribution in [-0.4, -0.2) is 16.4 Å². The molecule has 0 fully saturated rings. The molecule has 0 aliphatic carbocycles. The first-order valence-electron chi connectivity index (χ1n) is 4.56. The van der Waals surface area contributed by atoms with E-state index in [1.807, 2.05) is 0 Å². The van der Waals surface area contributed by atoms with E-state index in [0.717, 1.165) is 12.3 Å². The quantitative estimate of drug-likeness (QED) is 0.405. The van der Waals surface area contributed by atoms with E-state index in [0.29, 0.717) is 0 Å². The van der Waals surface area contributed by atoms with Crippen LogP contribution in [0, 0.1) is 12.8 Å². The van der Waals surface area contributed by atoms with E-state index < -0.39 is 0 Å². The van der Waals surface area contributed by atoms with Crippen molar-refractivity contribution in [2.45, 2.75) is 52.4 Å². The zero-order valence-corrected chi connectivity index (χ0v) is 10.9. The second-order valence-electron chi connectivity index (χ2n) is 3.45. The van der Waals surface area contributed by atoms with Crippen LogP contribution in [0.5, 0.6) is 0 Å². The fraction of sp³-hybridized carbons (Fsp3) is 0.900. The second kappa shape index (κ2) is 23.4. The molecule has 0 heterocycles. The molecule has 0 radical (unpaired) electrons. The van der Waals surface area contributed by atoms with Gasteiger partial charge in [0.15, 0.2) is 0 Å². The van der Waals surface area contributed by atoms with Gasteiger partial charge in [-0.1, -0.05) is 46.0 Å². The first kappa shape index (κ1) is 29.3. The Hall–Kier alpha value is 0.594. The van der Waals surface area contributed by atoms with Gasteiger partial charge in [-0.15, -0.1) is 0 Å². The van der Waals surface area contributed by atoms with Crippen molar-refractivity contribution in [2.24, 2.45) is 5.92 Å². The summed E-state index contributed by atoms with van der Waals surface area (Å²) in [6.07, 6.45) is 8.04. The Bertz CT molecular complexity index is 70.4. The van der Waals surface area contributed by atoms with Crippen molar-refractivity contribution in [3.8, 4) is 0 Å². The predicted octanol–water partition coefficient (Wildman–Crippen LogP) is 3.28. The molecule has 0 saturated heterocycles.